The number of likely N-dealkylation sites (tertiary alicyclic amines) is 2. The van der Waals surface area contributed by atoms with Crippen molar-refractivity contribution in [1.29, 1.82) is 0 Å². The normalized spacial score (nSPS) is 18.8. The summed E-state index contributed by atoms with van der Waals surface area (Å²) < 4.78 is 6.01. The van der Waals surface area contributed by atoms with Crippen LogP contribution in [0.2, 0.25) is 0 Å². The fraction of sp³-hybridized carbons (Fsp3) is 0.462. The van der Waals surface area contributed by atoms with Crippen LogP contribution >= 0.6 is 0 Å². The Morgan fingerprint density at radius 2 is 1.48 bits per heavy atom. The van der Waals surface area contributed by atoms with Crippen molar-refractivity contribution >= 4 is 11.8 Å². The van der Waals surface area contributed by atoms with E-state index >= 15 is 0 Å². The maximum Gasteiger partial charge on any atom is 0.253 e. The van der Waals surface area contributed by atoms with Gasteiger partial charge in [0.25, 0.3) is 11.8 Å². The first-order chi connectivity index (χ1) is 15.0. The van der Waals surface area contributed by atoms with Crippen LogP contribution in [-0.4, -0.2) is 54.4 Å². The molecule has 1 atom stereocenters. The van der Waals surface area contributed by atoms with E-state index in [-0.39, 0.29) is 11.8 Å². The number of carbonyl (C=O) groups excluding carboxylic acids is 2. The topological polar surface area (TPSA) is 49.9 Å². The molecule has 31 heavy (non-hydrogen) atoms. The van der Waals surface area contributed by atoms with Gasteiger partial charge in [0, 0.05) is 43.2 Å². The predicted octanol–water partition coefficient (Wildman–Crippen LogP) is 4.47. The monoisotopic (exact) mass is 420 g/mol. The Morgan fingerprint density at radius 3 is 2.19 bits per heavy atom. The van der Waals surface area contributed by atoms with Crippen molar-refractivity contribution in [3.8, 4) is 5.75 Å². The highest BCUT2D eigenvalue weighted by Gasteiger charge is 2.25. The zero-order valence-corrected chi connectivity index (χ0v) is 18.6. The second-order valence-electron chi connectivity index (χ2n) is 8.89. The summed E-state index contributed by atoms with van der Waals surface area (Å²) >= 11 is 0. The molecule has 2 aromatic carbocycles. The summed E-state index contributed by atoms with van der Waals surface area (Å²) in [6, 6.07) is 13.4. The minimum atomic E-state index is 0.108. The van der Waals surface area contributed by atoms with Crippen LogP contribution in [-0.2, 0) is 0 Å². The first-order valence-electron chi connectivity index (χ1n) is 11.4. The molecule has 2 aliphatic heterocycles. The van der Waals surface area contributed by atoms with Gasteiger partial charge in [0.05, 0.1) is 6.61 Å². The number of aryl methyl sites for hydroxylation is 2. The SMILES string of the molecule is Cc1ccc(C(=O)N2CCCC(COc3ccc(C(=O)N4CCCC4)cc3)C2)cc1C. The molecule has 2 fully saturated rings. The zero-order chi connectivity index (χ0) is 21.8. The summed E-state index contributed by atoms with van der Waals surface area (Å²) in [6.45, 7) is 7.92. The van der Waals surface area contributed by atoms with Gasteiger partial charge in [-0.25, -0.2) is 0 Å². The number of rotatable bonds is 5. The highest BCUT2D eigenvalue weighted by Crippen LogP contribution is 2.22. The van der Waals surface area contributed by atoms with Crippen molar-refractivity contribution in [2.24, 2.45) is 5.92 Å². The molecule has 4 rings (SSSR count). The van der Waals surface area contributed by atoms with Crippen molar-refractivity contribution in [3.05, 3.63) is 64.7 Å². The third kappa shape index (κ3) is 5.09. The number of ether oxygens (including phenoxy) is 1. The Hall–Kier alpha value is -2.82. The summed E-state index contributed by atoms with van der Waals surface area (Å²) in [5, 5.41) is 0. The Labute approximate surface area is 185 Å². The molecule has 164 valence electrons. The van der Waals surface area contributed by atoms with Crippen molar-refractivity contribution in [2.75, 3.05) is 32.8 Å². The Kier molecular flexibility index (Phi) is 6.59. The van der Waals surface area contributed by atoms with Crippen LogP contribution in [0.15, 0.2) is 42.5 Å². The summed E-state index contributed by atoms with van der Waals surface area (Å²) in [5.74, 6) is 1.31. The molecule has 0 spiro atoms. The molecule has 2 saturated heterocycles. The first-order valence-corrected chi connectivity index (χ1v) is 11.4. The van der Waals surface area contributed by atoms with E-state index in [0.29, 0.717) is 12.5 Å². The van der Waals surface area contributed by atoms with E-state index in [0.717, 1.165) is 74.3 Å². The van der Waals surface area contributed by atoms with Gasteiger partial charge in [-0.15, -0.1) is 0 Å². The number of amides is 2. The Morgan fingerprint density at radius 1 is 0.839 bits per heavy atom. The lowest BCUT2D eigenvalue weighted by molar-refractivity contribution is 0.0633. The molecular weight excluding hydrogens is 388 g/mol. The number of benzene rings is 2. The van der Waals surface area contributed by atoms with Gasteiger partial charge in [0.2, 0.25) is 0 Å². The quantitative estimate of drug-likeness (QED) is 0.717. The number of carbonyl (C=O) groups is 2. The standard InChI is InChI=1S/C26H32N2O3/c1-19-7-8-23(16-20(19)2)26(30)28-15-5-6-21(17-28)18-31-24-11-9-22(10-12-24)25(29)27-13-3-4-14-27/h7-12,16,21H,3-6,13-15,17-18H2,1-2H3. The van der Waals surface area contributed by atoms with E-state index in [9.17, 15) is 9.59 Å². The van der Waals surface area contributed by atoms with Crippen LogP contribution in [0.1, 0.15) is 57.5 Å². The van der Waals surface area contributed by atoms with Crippen molar-refractivity contribution in [3.63, 3.8) is 0 Å². The number of hydrogen-bond donors (Lipinski definition) is 0. The highest BCUT2D eigenvalue weighted by molar-refractivity contribution is 5.95. The number of nitrogens with zero attached hydrogens (tertiary/aromatic N) is 2. The van der Waals surface area contributed by atoms with E-state index in [1.807, 2.05) is 59.2 Å². The average molecular weight is 421 g/mol. The van der Waals surface area contributed by atoms with Crippen LogP contribution in [0.5, 0.6) is 5.75 Å². The third-order valence-electron chi connectivity index (χ3n) is 6.54. The van der Waals surface area contributed by atoms with Crippen LogP contribution in [0.3, 0.4) is 0 Å². The fourth-order valence-corrected chi connectivity index (χ4v) is 4.45. The average Bonchev–Trinajstić information content (AvgIpc) is 3.34. The maximum absolute atomic E-state index is 12.9. The largest absolute Gasteiger partial charge is 0.493 e. The molecule has 2 aromatic rings. The van der Waals surface area contributed by atoms with E-state index in [2.05, 4.69) is 6.92 Å². The van der Waals surface area contributed by atoms with Gasteiger partial charge in [0.1, 0.15) is 5.75 Å². The molecular formula is C26H32N2O3. The lowest BCUT2D eigenvalue weighted by Gasteiger charge is -2.33. The van der Waals surface area contributed by atoms with E-state index in [4.69, 9.17) is 4.74 Å². The fourth-order valence-electron chi connectivity index (χ4n) is 4.45. The molecule has 0 bridgehead atoms. The molecule has 2 heterocycles. The van der Waals surface area contributed by atoms with E-state index < -0.39 is 0 Å². The molecule has 2 amide bonds. The lowest BCUT2D eigenvalue weighted by atomic mass is 9.97. The molecule has 0 aliphatic carbocycles. The minimum Gasteiger partial charge on any atom is -0.493 e. The van der Waals surface area contributed by atoms with Crippen molar-refractivity contribution in [2.45, 2.75) is 39.5 Å². The number of hydrogen-bond acceptors (Lipinski definition) is 3. The molecule has 0 saturated carbocycles. The van der Waals surface area contributed by atoms with Crippen LogP contribution in [0.4, 0.5) is 0 Å². The second kappa shape index (κ2) is 9.54. The summed E-state index contributed by atoms with van der Waals surface area (Å²) in [5.41, 5.74) is 3.84. The van der Waals surface area contributed by atoms with Gasteiger partial charge in [0.15, 0.2) is 0 Å². The summed E-state index contributed by atoms with van der Waals surface area (Å²) in [4.78, 5) is 29.3. The Balaban J connectivity index is 1.31. The van der Waals surface area contributed by atoms with E-state index in [1.165, 1.54) is 5.56 Å². The smallest absolute Gasteiger partial charge is 0.253 e. The van der Waals surface area contributed by atoms with Gasteiger partial charge in [-0.05, 0) is 87.1 Å². The van der Waals surface area contributed by atoms with Crippen LogP contribution in [0, 0.1) is 19.8 Å². The summed E-state index contributed by atoms with van der Waals surface area (Å²) in [7, 11) is 0. The van der Waals surface area contributed by atoms with Crippen molar-refractivity contribution < 1.29 is 14.3 Å². The van der Waals surface area contributed by atoms with Gasteiger partial charge in [-0.2, -0.15) is 0 Å². The third-order valence-corrected chi connectivity index (χ3v) is 6.54. The first kappa shape index (κ1) is 21.4. The summed E-state index contributed by atoms with van der Waals surface area (Å²) in [6.07, 6.45) is 4.24. The second-order valence-corrected chi connectivity index (χ2v) is 8.89. The molecule has 0 N–H and O–H groups in total. The maximum atomic E-state index is 12.9. The molecule has 5 heteroatoms. The molecule has 0 aromatic heterocycles. The predicted molar refractivity (Wildman–Crippen MR) is 122 cm³/mol. The Bertz CT molecular complexity index is 932. The highest BCUT2D eigenvalue weighted by atomic mass is 16.5. The minimum absolute atomic E-state index is 0.108. The van der Waals surface area contributed by atoms with Crippen molar-refractivity contribution in [1.82, 2.24) is 9.80 Å². The lowest BCUT2D eigenvalue weighted by Crippen LogP contribution is -2.41. The zero-order valence-electron chi connectivity index (χ0n) is 18.6. The van der Waals surface area contributed by atoms with Gasteiger partial charge >= 0.3 is 0 Å². The molecule has 5 nitrogen and oxygen atoms in total. The molecule has 2 aliphatic rings. The number of piperidine rings is 1. The van der Waals surface area contributed by atoms with Crippen LogP contribution in [0.25, 0.3) is 0 Å². The van der Waals surface area contributed by atoms with Gasteiger partial charge in [-0.3, -0.25) is 9.59 Å². The van der Waals surface area contributed by atoms with E-state index in [1.54, 1.807) is 0 Å². The molecule has 0 radical (unpaired) electrons. The van der Waals surface area contributed by atoms with Crippen LogP contribution < -0.4 is 4.74 Å². The molecule has 1 unspecified atom stereocenters. The van der Waals surface area contributed by atoms with Gasteiger partial charge < -0.3 is 14.5 Å². The van der Waals surface area contributed by atoms with Gasteiger partial charge in [-0.1, -0.05) is 6.07 Å².